The molecular formula is C23H22FNO. The predicted octanol–water partition coefficient (Wildman–Crippen LogP) is 6.31. The highest BCUT2D eigenvalue weighted by molar-refractivity contribution is 5.27. The van der Waals surface area contributed by atoms with Crippen LogP contribution in [0.4, 0.5) is 4.39 Å². The van der Waals surface area contributed by atoms with E-state index in [1.807, 2.05) is 66.7 Å². The van der Waals surface area contributed by atoms with Gasteiger partial charge in [0.25, 0.3) is 0 Å². The Morgan fingerprint density at radius 1 is 0.962 bits per heavy atom. The smallest absolute Gasteiger partial charge is 0.219 e. The molecule has 0 spiro atoms. The quantitative estimate of drug-likeness (QED) is 0.446. The molecule has 132 valence electrons. The predicted molar refractivity (Wildman–Crippen MR) is 103 cm³/mol. The lowest BCUT2D eigenvalue weighted by Gasteiger charge is -2.13. The molecule has 0 radical (unpaired) electrons. The molecule has 0 N–H and O–H groups in total. The number of para-hydroxylation sites is 1. The molecule has 3 heteroatoms. The summed E-state index contributed by atoms with van der Waals surface area (Å²) in [5.74, 6) is 1.39. The third-order valence-corrected chi connectivity index (χ3v) is 4.28. The molecule has 0 saturated heterocycles. The van der Waals surface area contributed by atoms with Crippen LogP contribution in [0.15, 0.2) is 85.5 Å². The number of benzene rings is 2. The summed E-state index contributed by atoms with van der Waals surface area (Å²) < 4.78 is 18.9. The topological polar surface area (TPSA) is 22.1 Å². The number of aromatic nitrogens is 1. The fourth-order valence-electron chi connectivity index (χ4n) is 2.90. The maximum absolute atomic E-state index is 13.1. The van der Waals surface area contributed by atoms with Gasteiger partial charge < -0.3 is 4.74 Å². The van der Waals surface area contributed by atoms with Crippen LogP contribution in [-0.4, -0.2) is 4.98 Å². The second-order valence-corrected chi connectivity index (χ2v) is 6.17. The highest BCUT2D eigenvalue weighted by Crippen LogP contribution is 2.24. The van der Waals surface area contributed by atoms with Gasteiger partial charge in [-0.15, -0.1) is 6.58 Å². The van der Waals surface area contributed by atoms with E-state index in [1.165, 1.54) is 12.1 Å². The van der Waals surface area contributed by atoms with E-state index in [1.54, 1.807) is 0 Å². The third kappa shape index (κ3) is 5.03. The van der Waals surface area contributed by atoms with E-state index < -0.39 is 0 Å². The van der Waals surface area contributed by atoms with Crippen LogP contribution in [0, 0.1) is 5.82 Å². The van der Waals surface area contributed by atoms with Crippen molar-refractivity contribution in [2.75, 3.05) is 0 Å². The molecule has 3 rings (SSSR count). The first-order valence-corrected chi connectivity index (χ1v) is 8.81. The summed E-state index contributed by atoms with van der Waals surface area (Å²) >= 11 is 0. The minimum Gasteiger partial charge on any atom is -0.439 e. The monoisotopic (exact) mass is 347 g/mol. The number of nitrogens with zero attached hydrogens (tertiary/aromatic N) is 1. The summed E-state index contributed by atoms with van der Waals surface area (Å²) in [4.78, 5) is 4.58. The standard InChI is InChI=1S/C23H22FNO/c1-2-18(19-14-16-20(24)17-15-19)8-6-9-21-10-7-13-23(25-21)26-22-11-4-3-5-12-22/h2-5,7,10-18H,1,6,8-9H2. The summed E-state index contributed by atoms with van der Waals surface area (Å²) in [5.41, 5.74) is 2.09. The van der Waals surface area contributed by atoms with Crippen LogP contribution in [0.2, 0.25) is 0 Å². The second-order valence-electron chi connectivity index (χ2n) is 6.17. The van der Waals surface area contributed by atoms with Crippen LogP contribution in [0.1, 0.15) is 30.0 Å². The molecule has 2 nitrogen and oxygen atoms in total. The number of rotatable bonds is 8. The second kappa shape index (κ2) is 8.95. The van der Waals surface area contributed by atoms with Gasteiger partial charge in [0.05, 0.1) is 0 Å². The van der Waals surface area contributed by atoms with Gasteiger partial charge in [-0.2, -0.15) is 0 Å². The zero-order valence-corrected chi connectivity index (χ0v) is 14.6. The molecule has 0 bridgehead atoms. The lowest BCUT2D eigenvalue weighted by atomic mass is 9.93. The van der Waals surface area contributed by atoms with E-state index in [2.05, 4.69) is 11.6 Å². The fourth-order valence-corrected chi connectivity index (χ4v) is 2.90. The summed E-state index contributed by atoms with van der Waals surface area (Å²) in [6, 6.07) is 22.1. The number of hydrogen-bond donors (Lipinski definition) is 0. The first-order valence-electron chi connectivity index (χ1n) is 8.81. The molecule has 3 aromatic rings. The Morgan fingerprint density at radius 3 is 2.46 bits per heavy atom. The van der Waals surface area contributed by atoms with Crippen molar-refractivity contribution >= 4 is 0 Å². The minimum absolute atomic E-state index is 0.212. The van der Waals surface area contributed by atoms with E-state index >= 15 is 0 Å². The van der Waals surface area contributed by atoms with Crippen LogP contribution in [0.3, 0.4) is 0 Å². The fraction of sp³-hybridized carbons (Fsp3) is 0.174. The number of aryl methyl sites for hydroxylation is 1. The van der Waals surface area contributed by atoms with Crippen molar-refractivity contribution in [3.8, 4) is 11.6 Å². The van der Waals surface area contributed by atoms with Crippen LogP contribution < -0.4 is 4.74 Å². The minimum atomic E-state index is -0.212. The van der Waals surface area contributed by atoms with Crippen molar-refractivity contribution in [1.29, 1.82) is 0 Å². The van der Waals surface area contributed by atoms with Gasteiger partial charge in [-0.25, -0.2) is 9.37 Å². The molecule has 0 aliphatic rings. The third-order valence-electron chi connectivity index (χ3n) is 4.28. The molecule has 26 heavy (non-hydrogen) atoms. The number of ether oxygens (including phenoxy) is 1. The Kier molecular flexibility index (Phi) is 6.15. The maximum atomic E-state index is 13.1. The Morgan fingerprint density at radius 2 is 1.73 bits per heavy atom. The van der Waals surface area contributed by atoms with Gasteiger partial charge >= 0.3 is 0 Å². The highest BCUT2D eigenvalue weighted by Gasteiger charge is 2.08. The van der Waals surface area contributed by atoms with Crippen molar-refractivity contribution in [2.24, 2.45) is 0 Å². The molecule has 2 aromatic carbocycles. The molecular weight excluding hydrogens is 325 g/mol. The maximum Gasteiger partial charge on any atom is 0.219 e. The van der Waals surface area contributed by atoms with Crippen molar-refractivity contribution < 1.29 is 9.13 Å². The van der Waals surface area contributed by atoms with Crippen molar-refractivity contribution in [1.82, 2.24) is 4.98 Å². The molecule has 0 aliphatic carbocycles. The van der Waals surface area contributed by atoms with E-state index in [0.29, 0.717) is 5.88 Å². The van der Waals surface area contributed by atoms with E-state index in [4.69, 9.17) is 4.74 Å². The number of hydrogen-bond acceptors (Lipinski definition) is 2. The Labute approximate surface area is 154 Å². The van der Waals surface area contributed by atoms with Gasteiger partial charge in [-0.05, 0) is 55.2 Å². The normalized spacial score (nSPS) is 11.7. The van der Waals surface area contributed by atoms with Crippen molar-refractivity contribution in [3.05, 3.63) is 103 Å². The van der Waals surface area contributed by atoms with E-state index in [0.717, 1.165) is 36.3 Å². The van der Waals surface area contributed by atoms with E-state index in [9.17, 15) is 4.39 Å². The Balaban J connectivity index is 1.56. The van der Waals surface area contributed by atoms with Gasteiger partial charge in [0, 0.05) is 17.7 Å². The van der Waals surface area contributed by atoms with Gasteiger partial charge in [-0.1, -0.05) is 42.5 Å². The van der Waals surface area contributed by atoms with Gasteiger partial charge in [0.2, 0.25) is 5.88 Å². The zero-order valence-electron chi connectivity index (χ0n) is 14.6. The van der Waals surface area contributed by atoms with Crippen LogP contribution in [-0.2, 0) is 6.42 Å². The van der Waals surface area contributed by atoms with Crippen LogP contribution >= 0.6 is 0 Å². The molecule has 0 aliphatic heterocycles. The largest absolute Gasteiger partial charge is 0.439 e. The molecule has 1 heterocycles. The summed E-state index contributed by atoms with van der Waals surface area (Å²) in [5, 5.41) is 0. The number of pyridine rings is 1. The van der Waals surface area contributed by atoms with Crippen LogP contribution in [0.5, 0.6) is 11.6 Å². The molecule has 0 amide bonds. The van der Waals surface area contributed by atoms with Gasteiger partial charge in [0.15, 0.2) is 0 Å². The van der Waals surface area contributed by atoms with Gasteiger partial charge in [0.1, 0.15) is 11.6 Å². The average molecular weight is 347 g/mol. The van der Waals surface area contributed by atoms with Crippen molar-refractivity contribution in [3.63, 3.8) is 0 Å². The van der Waals surface area contributed by atoms with E-state index in [-0.39, 0.29) is 11.7 Å². The molecule has 0 fully saturated rings. The van der Waals surface area contributed by atoms with Crippen LogP contribution in [0.25, 0.3) is 0 Å². The Hall–Kier alpha value is -2.94. The Bertz CT molecular complexity index is 830. The molecule has 1 aromatic heterocycles. The first-order chi connectivity index (χ1) is 12.7. The summed E-state index contributed by atoms with van der Waals surface area (Å²) in [6.07, 6.45) is 4.70. The molecule has 0 saturated carbocycles. The molecule has 1 unspecified atom stereocenters. The average Bonchev–Trinajstić information content (AvgIpc) is 2.67. The highest BCUT2D eigenvalue weighted by atomic mass is 19.1. The molecule has 1 atom stereocenters. The summed E-state index contributed by atoms with van der Waals surface area (Å²) in [7, 11) is 0. The zero-order chi connectivity index (χ0) is 18.2. The number of halogens is 1. The summed E-state index contributed by atoms with van der Waals surface area (Å²) in [6.45, 7) is 3.92. The lowest BCUT2D eigenvalue weighted by molar-refractivity contribution is 0.460. The van der Waals surface area contributed by atoms with Gasteiger partial charge in [-0.3, -0.25) is 0 Å². The number of allylic oxidation sites excluding steroid dienone is 1. The lowest BCUT2D eigenvalue weighted by Crippen LogP contribution is -1.98. The van der Waals surface area contributed by atoms with Crippen molar-refractivity contribution in [2.45, 2.75) is 25.2 Å². The first kappa shape index (κ1) is 17.9. The SMILES string of the molecule is C=CC(CCCc1cccc(Oc2ccccc2)n1)c1ccc(F)cc1.